The van der Waals surface area contributed by atoms with Gasteiger partial charge in [0.15, 0.2) is 0 Å². The van der Waals surface area contributed by atoms with Crippen LogP contribution in [0.25, 0.3) is 0 Å². The zero-order chi connectivity index (χ0) is 11.1. The van der Waals surface area contributed by atoms with Crippen LogP contribution in [0, 0.1) is 0 Å². The van der Waals surface area contributed by atoms with Crippen molar-refractivity contribution in [3.63, 3.8) is 0 Å². The molecule has 1 heterocycles. The Kier molecular flexibility index (Phi) is 5.61. The Labute approximate surface area is 99.8 Å². The quantitative estimate of drug-likeness (QED) is 0.635. The molecule has 1 aromatic heterocycles. The maximum Gasteiger partial charge on any atom is 0.130 e. The lowest BCUT2D eigenvalue weighted by Gasteiger charge is -2.13. The zero-order valence-electron chi connectivity index (χ0n) is 9.33. The Hall–Kier alpha value is -0.640. The average molecular weight is 272 g/mol. The van der Waals surface area contributed by atoms with Crippen molar-refractivity contribution in [3.8, 4) is 0 Å². The molecule has 1 unspecified atom stereocenters. The van der Waals surface area contributed by atoms with Crippen molar-refractivity contribution in [2.75, 3.05) is 5.32 Å². The summed E-state index contributed by atoms with van der Waals surface area (Å²) in [5.41, 5.74) is 0. The average Bonchev–Trinajstić information content (AvgIpc) is 2.18. The number of hydrogen-bond donors (Lipinski definition) is 1. The van der Waals surface area contributed by atoms with Gasteiger partial charge in [0.05, 0.1) is 0 Å². The number of unbranched alkanes of at least 4 members (excludes halogenated alkanes) is 2. The number of halogens is 1. The molecule has 0 bridgehead atoms. The fourth-order valence-electron chi connectivity index (χ4n) is 1.44. The number of nitrogens with one attached hydrogen (secondary N) is 1. The van der Waals surface area contributed by atoms with Crippen LogP contribution < -0.4 is 5.32 Å². The number of nitrogens with zero attached hydrogens (tertiary/aromatic N) is 2. The molecule has 0 aliphatic rings. The summed E-state index contributed by atoms with van der Waals surface area (Å²) in [5, 5.41) is 3.36. The number of aromatic nitrogens is 2. The lowest BCUT2D eigenvalue weighted by atomic mass is 10.1. The Bertz CT molecular complexity index is 291. The van der Waals surface area contributed by atoms with E-state index in [1.807, 2.05) is 6.07 Å². The van der Waals surface area contributed by atoms with Gasteiger partial charge in [-0.3, -0.25) is 0 Å². The first-order chi connectivity index (χ1) is 7.22. The van der Waals surface area contributed by atoms with Gasteiger partial charge in [0.25, 0.3) is 0 Å². The second kappa shape index (κ2) is 6.77. The highest BCUT2D eigenvalue weighted by Crippen LogP contribution is 2.12. The monoisotopic (exact) mass is 271 g/mol. The molecule has 0 aliphatic heterocycles. The van der Waals surface area contributed by atoms with Gasteiger partial charge in [-0.25, -0.2) is 9.97 Å². The summed E-state index contributed by atoms with van der Waals surface area (Å²) >= 11 is 3.32. The lowest BCUT2D eigenvalue weighted by Crippen LogP contribution is -2.15. The summed E-state index contributed by atoms with van der Waals surface area (Å²) < 4.78 is 0.820. The van der Waals surface area contributed by atoms with Gasteiger partial charge in [0.1, 0.15) is 16.7 Å². The highest BCUT2D eigenvalue weighted by molar-refractivity contribution is 9.10. The summed E-state index contributed by atoms with van der Waals surface area (Å²) in [7, 11) is 0. The topological polar surface area (TPSA) is 37.8 Å². The minimum absolute atomic E-state index is 0.471. The summed E-state index contributed by atoms with van der Waals surface area (Å²) in [6, 6.07) is 2.37. The molecule has 1 atom stereocenters. The fraction of sp³-hybridized carbons (Fsp3) is 0.636. The Balaban J connectivity index is 2.34. The van der Waals surface area contributed by atoms with E-state index < -0.39 is 0 Å². The van der Waals surface area contributed by atoms with Crippen LogP contribution in [0.5, 0.6) is 0 Å². The zero-order valence-corrected chi connectivity index (χ0v) is 10.9. The third kappa shape index (κ3) is 5.11. The molecule has 1 N–H and O–H groups in total. The van der Waals surface area contributed by atoms with Gasteiger partial charge in [0.2, 0.25) is 0 Å². The van der Waals surface area contributed by atoms with E-state index in [4.69, 9.17) is 0 Å². The summed E-state index contributed by atoms with van der Waals surface area (Å²) in [6.45, 7) is 4.41. The van der Waals surface area contributed by atoms with Crippen LogP contribution in [-0.4, -0.2) is 16.0 Å². The Morgan fingerprint density at radius 1 is 1.40 bits per heavy atom. The molecule has 3 nitrogen and oxygen atoms in total. The van der Waals surface area contributed by atoms with Gasteiger partial charge >= 0.3 is 0 Å². The second-order valence-corrected chi connectivity index (χ2v) is 4.58. The van der Waals surface area contributed by atoms with Gasteiger partial charge in [-0.05, 0) is 29.3 Å². The van der Waals surface area contributed by atoms with E-state index in [0.29, 0.717) is 6.04 Å². The van der Waals surface area contributed by atoms with Crippen molar-refractivity contribution in [1.29, 1.82) is 0 Å². The third-order valence-electron chi connectivity index (χ3n) is 2.27. The van der Waals surface area contributed by atoms with Gasteiger partial charge in [0, 0.05) is 12.1 Å². The highest BCUT2D eigenvalue weighted by atomic mass is 79.9. The third-order valence-corrected chi connectivity index (χ3v) is 2.70. The smallest absolute Gasteiger partial charge is 0.130 e. The molecule has 0 saturated heterocycles. The van der Waals surface area contributed by atoms with Crippen LogP contribution in [0.4, 0.5) is 5.82 Å². The minimum atomic E-state index is 0.471. The van der Waals surface area contributed by atoms with E-state index >= 15 is 0 Å². The summed E-state index contributed by atoms with van der Waals surface area (Å²) in [4.78, 5) is 8.14. The molecule has 0 aliphatic carbocycles. The first kappa shape index (κ1) is 12.4. The molecule has 0 fully saturated rings. The molecule has 0 saturated carbocycles. The normalized spacial score (nSPS) is 12.5. The standard InChI is InChI=1S/C11H18BrN3/c1-3-4-5-6-9(2)15-11-7-10(12)13-8-14-11/h7-9H,3-6H2,1-2H3,(H,13,14,15). The van der Waals surface area contributed by atoms with Crippen molar-refractivity contribution in [3.05, 3.63) is 17.0 Å². The molecule has 1 aromatic rings. The van der Waals surface area contributed by atoms with Crippen LogP contribution in [-0.2, 0) is 0 Å². The molecule has 84 valence electrons. The van der Waals surface area contributed by atoms with Crippen molar-refractivity contribution in [2.24, 2.45) is 0 Å². The van der Waals surface area contributed by atoms with E-state index in [0.717, 1.165) is 10.4 Å². The van der Waals surface area contributed by atoms with E-state index in [2.05, 4.69) is 45.1 Å². The van der Waals surface area contributed by atoms with Crippen LogP contribution in [0.1, 0.15) is 39.5 Å². The van der Waals surface area contributed by atoms with E-state index in [-0.39, 0.29) is 0 Å². The Morgan fingerprint density at radius 2 is 2.20 bits per heavy atom. The largest absolute Gasteiger partial charge is 0.367 e. The van der Waals surface area contributed by atoms with Crippen molar-refractivity contribution < 1.29 is 0 Å². The van der Waals surface area contributed by atoms with Gasteiger partial charge in [-0.15, -0.1) is 0 Å². The molecule has 0 spiro atoms. The van der Waals surface area contributed by atoms with Crippen LogP contribution in [0.2, 0.25) is 0 Å². The first-order valence-electron chi connectivity index (χ1n) is 5.46. The van der Waals surface area contributed by atoms with Crippen molar-refractivity contribution >= 4 is 21.7 Å². The summed E-state index contributed by atoms with van der Waals surface area (Å²) in [5.74, 6) is 0.890. The molecule has 4 heteroatoms. The van der Waals surface area contributed by atoms with Crippen LogP contribution in [0.3, 0.4) is 0 Å². The van der Waals surface area contributed by atoms with E-state index in [1.165, 1.54) is 25.7 Å². The van der Waals surface area contributed by atoms with Crippen LogP contribution in [0.15, 0.2) is 17.0 Å². The Morgan fingerprint density at radius 3 is 2.87 bits per heavy atom. The molecule has 0 aromatic carbocycles. The number of rotatable bonds is 6. The minimum Gasteiger partial charge on any atom is -0.367 e. The van der Waals surface area contributed by atoms with Crippen molar-refractivity contribution in [2.45, 2.75) is 45.6 Å². The second-order valence-electron chi connectivity index (χ2n) is 3.77. The fourth-order valence-corrected chi connectivity index (χ4v) is 1.75. The molecule has 0 amide bonds. The highest BCUT2D eigenvalue weighted by Gasteiger charge is 2.02. The number of anilines is 1. The first-order valence-corrected chi connectivity index (χ1v) is 6.25. The van der Waals surface area contributed by atoms with E-state index in [1.54, 1.807) is 6.33 Å². The van der Waals surface area contributed by atoms with Gasteiger partial charge in [-0.1, -0.05) is 26.2 Å². The SMILES string of the molecule is CCCCCC(C)Nc1cc(Br)ncn1. The maximum absolute atomic E-state index is 4.16. The predicted octanol–water partition coefficient (Wildman–Crippen LogP) is 3.62. The van der Waals surface area contributed by atoms with Crippen molar-refractivity contribution in [1.82, 2.24) is 9.97 Å². The molecule has 15 heavy (non-hydrogen) atoms. The molecule has 0 radical (unpaired) electrons. The molecule has 1 rings (SSSR count). The predicted molar refractivity (Wildman–Crippen MR) is 67.0 cm³/mol. The summed E-state index contributed by atoms with van der Waals surface area (Å²) in [6.07, 6.45) is 6.60. The number of hydrogen-bond acceptors (Lipinski definition) is 3. The van der Waals surface area contributed by atoms with Gasteiger partial charge in [-0.2, -0.15) is 0 Å². The maximum atomic E-state index is 4.16. The molecular formula is C11H18BrN3. The molecular weight excluding hydrogens is 254 g/mol. The van der Waals surface area contributed by atoms with Gasteiger partial charge < -0.3 is 5.32 Å². The van der Waals surface area contributed by atoms with E-state index in [9.17, 15) is 0 Å². The van der Waals surface area contributed by atoms with Crippen LogP contribution >= 0.6 is 15.9 Å². The lowest BCUT2D eigenvalue weighted by molar-refractivity contribution is 0.613.